The third kappa shape index (κ3) is 2.32. The number of furan rings is 1. The number of sulfonamides is 1. The maximum atomic E-state index is 12.8. The average molecular weight is 286 g/mol. The molecule has 1 aromatic rings. The fourth-order valence-electron chi connectivity index (χ4n) is 3.00. The van der Waals surface area contributed by atoms with Crippen molar-refractivity contribution in [3.8, 4) is 0 Å². The first-order chi connectivity index (χ1) is 8.78. The lowest BCUT2D eigenvalue weighted by Crippen LogP contribution is -2.34. The minimum atomic E-state index is -3.51. The molecule has 19 heavy (non-hydrogen) atoms. The van der Waals surface area contributed by atoms with E-state index in [1.54, 1.807) is 18.2 Å². The van der Waals surface area contributed by atoms with E-state index in [9.17, 15) is 8.42 Å². The number of rotatable bonds is 3. The molecule has 5 nitrogen and oxygen atoms in total. The minimum absolute atomic E-state index is 0.0280. The number of hydrogen-bond donors (Lipinski definition) is 1. The van der Waals surface area contributed by atoms with Crippen LogP contribution in [0.15, 0.2) is 9.31 Å². The summed E-state index contributed by atoms with van der Waals surface area (Å²) >= 11 is 0. The van der Waals surface area contributed by atoms with Crippen molar-refractivity contribution in [3.63, 3.8) is 0 Å². The summed E-state index contributed by atoms with van der Waals surface area (Å²) in [4.78, 5) is 0.272. The van der Waals surface area contributed by atoms with E-state index in [4.69, 9.17) is 10.2 Å². The molecule has 1 fully saturated rings. The quantitative estimate of drug-likeness (QED) is 0.918. The molecular weight excluding hydrogens is 264 g/mol. The molecule has 2 unspecified atom stereocenters. The van der Waals surface area contributed by atoms with Crippen molar-refractivity contribution < 1.29 is 12.8 Å². The molecule has 0 saturated carbocycles. The van der Waals surface area contributed by atoms with Crippen LogP contribution in [0, 0.1) is 19.8 Å². The zero-order valence-corrected chi connectivity index (χ0v) is 12.8. The first-order valence-corrected chi connectivity index (χ1v) is 8.03. The van der Waals surface area contributed by atoms with Crippen LogP contribution in [0.4, 0.5) is 0 Å². The van der Waals surface area contributed by atoms with E-state index in [-0.39, 0.29) is 17.5 Å². The van der Waals surface area contributed by atoms with Crippen LogP contribution in [-0.2, 0) is 16.6 Å². The molecule has 0 radical (unpaired) electrons. The summed E-state index contributed by atoms with van der Waals surface area (Å²) in [5.74, 6) is 1.42. The summed E-state index contributed by atoms with van der Waals surface area (Å²) in [7, 11) is -3.51. The highest BCUT2D eigenvalue weighted by Gasteiger charge is 2.39. The van der Waals surface area contributed by atoms with Crippen LogP contribution >= 0.6 is 0 Å². The van der Waals surface area contributed by atoms with E-state index in [1.807, 2.05) is 6.92 Å². The van der Waals surface area contributed by atoms with Gasteiger partial charge in [0.15, 0.2) is 0 Å². The standard InChI is InChI=1S/C13H22N2O3S/c1-8-5-9(2)15(7-8)19(16,17)13-11(4)18-10(3)12(13)6-14/h8-9H,5-7,14H2,1-4H3. The van der Waals surface area contributed by atoms with Gasteiger partial charge in [-0.05, 0) is 33.1 Å². The third-order valence-corrected chi connectivity index (χ3v) is 6.00. The Morgan fingerprint density at radius 3 is 2.42 bits per heavy atom. The Morgan fingerprint density at radius 1 is 1.32 bits per heavy atom. The first-order valence-electron chi connectivity index (χ1n) is 6.59. The Bertz CT molecular complexity index is 577. The highest BCUT2D eigenvalue weighted by molar-refractivity contribution is 7.89. The van der Waals surface area contributed by atoms with E-state index in [2.05, 4.69) is 6.92 Å². The predicted molar refractivity (Wildman–Crippen MR) is 73.2 cm³/mol. The molecule has 2 heterocycles. The lowest BCUT2D eigenvalue weighted by molar-refractivity contribution is 0.403. The second kappa shape index (κ2) is 4.92. The van der Waals surface area contributed by atoms with Gasteiger partial charge in [0, 0.05) is 24.7 Å². The SMILES string of the molecule is Cc1oc(C)c(S(=O)(=O)N2CC(C)CC2C)c1CN. The van der Waals surface area contributed by atoms with Crippen LogP contribution in [0.1, 0.15) is 37.4 Å². The van der Waals surface area contributed by atoms with Gasteiger partial charge in [-0.1, -0.05) is 6.92 Å². The predicted octanol–water partition coefficient (Wildman–Crippen LogP) is 1.77. The number of hydrogen-bond acceptors (Lipinski definition) is 4. The Balaban J connectivity index is 2.51. The van der Waals surface area contributed by atoms with Crippen molar-refractivity contribution in [2.75, 3.05) is 6.54 Å². The maximum absolute atomic E-state index is 12.8. The summed E-state index contributed by atoms with van der Waals surface area (Å²) in [6, 6.07) is 0.0280. The molecule has 2 N–H and O–H groups in total. The van der Waals surface area contributed by atoms with Gasteiger partial charge in [0.25, 0.3) is 0 Å². The van der Waals surface area contributed by atoms with Crippen LogP contribution < -0.4 is 5.73 Å². The van der Waals surface area contributed by atoms with E-state index < -0.39 is 10.0 Å². The molecule has 1 aliphatic rings. The molecule has 2 atom stereocenters. The summed E-state index contributed by atoms with van der Waals surface area (Å²) in [5, 5.41) is 0. The van der Waals surface area contributed by atoms with Crippen molar-refractivity contribution in [2.45, 2.75) is 51.6 Å². The van der Waals surface area contributed by atoms with Crippen molar-refractivity contribution in [2.24, 2.45) is 11.7 Å². The van der Waals surface area contributed by atoms with Crippen molar-refractivity contribution in [3.05, 3.63) is 17.1 Å². The van der Waals surface area contributed by atoms with Gasteiger partial charge in [-0.2, -0.15) is 4.31 Å². The molecule has 0 aliphatic carbocycles. The van der Waals surface area contributed by atoms with Crippen LogP contribution in [0.25, 0.3) is 0 Å². The molecule has 0 spiro atoms. The molecule has 2 rings (SSSR count). The molecule has 0 bridgehead atoms. The maximum Gasteiger partial charge on any atom is 0.247 e. The summed E-state index contributed by atoms with van der Waals surface area (Å²) < 4.78 is 32.7. The Labute approximate surface area is 114 Å². The normalized spacial score (nSPS) is 25.1. The topological polar surface area (TPSA) is 76.5 Å². The smallest absolute Gasteiger partial charge is 0.247 e. The van der Waals surface area contributed by atoms with Gasteiger partial charge in [0.1, 0.15) is 16.4 Å². The molecule has 1 aliphatic heterocycles. The summed E-state index contributed by atoms with van der Waals surface area (Å²) in [6.45, 7) is 8.20. The van der Waals surface area contributed by atoms with Gasteiger partial charge in [0.2, 0.25) is 10.0 Å². The largest absolute Gasteiger partial charge is 0.465 e. The summed E-state index contributed by atoms with van der Waals surface area (Å²) in [6.07, 6.45) is 0.896. The fraction of sp³-hybridized carbons (Fsp3) is 0.692. The van der Waals surface area contributed by atoms with E-state index >= 15 is 0 Å². The molecule has 6 heteroatoms. The Hall–Kier alpha value is -0.850. The van der Waals surface area contributed by atoms with E-state index in [1.165, 1.54) is 0 Å². The third-order valence-electron chi connectivity index (χ3n) is 3.82. The summed E-state index contributed by atoms with van der Waals surface area (Å²) in [5.41, 5.74) is 6.28. The highest BCUT2D eigenvalue weighted by Crippen LogP contribution is 2.34. The molecule has 0 amide bonds. The zero-order chi connectivity index (χ0) is 14.4. The Kier molecular flexibility index (Phi) is 3.77. The van der Waals surface area contributed by atoms with Gasteiger partial charge in [-0.3, -0.25) is 0 Å². The van der Waals surface area contributed by atoms with Gasteiger partial charge in [-0.25, -0.2) is 8.42 Å². The molecule has 108 valence electrons. The number of aryl methyl sites for hydroxylation is 2. The van der Waals surface area contributed by atoms with Gasteiger partial charge in [-0.15, -0.1) is 0 Å². The van der Waals surface area contributed by atoms with Gasteiger partial charge < -0.3 is 10.2 Å². The van der Waals surface area contributed by atoms with Crippen LogP contribution in [0.2, 0.25) is 0 Å². The van der Waals surface area contributed by atoms with E-state index in [0.29, 0.717) is 29.5 Å². The lowest BCUT2D eigenvalue weighted by Gasteiger charge is -2.21. The monoisotopic (exact) mass is 286 g/mol. The lowest BCUT2D eigenvalue weighted by atomic mass is 10.1. The molecule has 1 aromatic heterocycles. The number of nitrogens with zero attached hydrogens (tertiary/aromatic N) is 1. The van der Waals surface area contributed by atoms with Crippen LogP contribution in [0.3, 0.4) is 0 Å². The van der Waals surface area contributed by atoms with Crippen molar-refractivity contribution >= 4 is 10.0 Å². The molecule has 0 aromatic carbocycles. The van der Waals surface area contributed by atoms with Crippen molar-refractivity contribution in [1.29, 1.82) is 0 Å². The second-order valence-electron chi connectivity index (χ2n) is 5.49. The van der Waals surface area contributed by atoms with Crippen LogP contribution in [-0.4, -0.2) is 25.3 Å². The van der Waals surface area contributed by atoms with Crippen LogP contribution in [0.5, 0.6) is 0 Å². The van der Waals surface area contributed by atoms with Gasteiger partial charge >= 0.3 is 0 Å². The first kappa shape index (κ1) is 14.6. The molecule has 1 saturated heterocycles. The highest BCUT2D eigenvalue weighted by atomic mass is 32.2. The second-order valence-corrected chi connectivity index (χ2v) is 7.32. The fourth-order valence-corrected chi connectivity index (χ4v) is 5.19. The van der Waals surface area contributed by atoms with E-state index in [0.717, 1.165) is 6.42 Å². The zero-order valence-electron chi connectivity index (χ0n) is 11.9. The Morgan fingerprint density at radius 2 is 1.95 bits per heavy atom. The van der Waals surface area contributed by atoms with Crippen molar-refractivity contribution in [1.82, 2.24) is 4.31 Å². The minimum Gasteiger partial charge on any atom is -0.465 e. The average Bonchev–Trinajstić information content (AvgIpc) is 2.78. The molecular formula is C13H22N2O3S. The number of nitrogens with two attached hydrogens (primary N) is 1. The van der Waals surface area contributed by atoms with Gasteiger partial charge in [0.05, 0.1) is 0 Å².